The van der Waals surface area contributed by atoms with Crippen molar-refractivity contribution >= 4 is 45.3 Å². The molecule has 1 unspecified atom stereocenters. The Morgan fingerprint density at radius 2 is 1.88 bits per heavy atom. The van der Waals surface area contributed by atoms with Crippen LogP contribution < -0.4 is 0 Å². The fraction of sp³-hybridized carbons (Fsp3) is 0.333. The molecule has 2 aromatic heterocycles. The third-order valence-electron chi connectivity index (χ3n) is 2.58. The topological polar surface area (TPSA) is 18.5 Å². The number of rotatable bonds is 2. The first-order valence-corrected chi connectivity index (χ1v) is 8.09. The summed E-state index contributed by atoms with van der Waals surface area (Å²) in [5, 5.41) is 0. The Hall–Kier alpha value is 0.0500. The molecule has 0 bridgehead atoms. The van der Waals surface area contributed by atoms with Crippen molar-refractivity contribution in [3.8, 4) is 9.75 Å². The van der Waals surface area contributed by atoms with Crippen LogP contribution in [0.4, 0.5) is 0 Å². The molecule has 2 aromatic rings. The molecule has 2 nitrogen and oxygen atoms in total. The van der Waals surface area contributed by atoms with Gasteiger partial charge in [0.2, 0.25) is 0 Å². The summed E-state index contributed by atoms with van der Waals surface area (Å²) in [6.07, 6.45) is 0.126. The minimum Gasteiger partial charge on any atom is -0.376 e. The molecule has 3 rings (SSSR count). The first-order valence-electron chi connectivity index (χ1n) is 5.38. The zero-order valence-electron chi connectivity index (χ0n) is 9.02. The Bertz CT molecular complexity index is 500. The molecule has 5 heteroatoms. The minimum absolute atomic E-state index is 0.126. The van der Waals surface area contributed by atoms with E-state index in [0.29, 0.717) is 13.2 Å². The molecule has 1 aliphatic rings. The summed E-state index contributed by atoms with van der Waals surface area (Å²) in [7, 11) is 0. The predicted molar refractivity (Wildman–Crippen MR) is 79.9 cm³/mol. The molecule has 1 saturated heterocycles. The monoisotopic (exact) mass is 378 g/mol. The standard InChI is InChI=1S/C12H11IO2S2/c13-12-4-3-11(17-12)10-2-1-9(16-10)8-7-14-5-6-15-8/h1-4,8H,5-7H2. The summed E-state index contributed by atoms with van der Waals surface area (Å²) in [5.41, 5.74) is 0. The Morgan fingerprint density at radius 1 is 1.06 bits per heavy atom. The molecule has 0 aliphatic carbocycles. The lowest BCUT2D eigenvalue weighted by Gasteiger charge is -2.21. The maximum atomic E-state index is 5.71. The lowest BCUT2D eigenvalue weighted by Crippen LogP contribution is -2.21. The molecule has 0 aromatic carbocycles. The highest BCUT2D eigenvalue weighted by molar-refractivity contribution is 14.1. The molecule has 1 aliphatic heterocycles. The Balaban J connectivity index is 1.82. The van der Waals surface area contributed by atoms with Gasteiger partial charge in [0.05, 0.1) is 22.7 Å². The van der Waals surface area contributed by atoms with E-state index in [-0.39, 0.29) is 6.10 Å². The molecule has 0 radical (unpaired) electrons. The molecule has 17 heavy (non-hydrogen) atoms. The molecule has 1 atom stereocenters. The lowest BCUT2D eigenvalue weighted by molar-refractivity contribution is -0.0887. The van der Waals surface area contributed by atoms with Crippen LogP contribution in [0.5, 0.6) is 0 Å². The van der Waals surface area contributed by atoms with Crippen LogP contribution >= 0.6 is 45.3 Å². The van der Waals surface area contributed by atoms with Crippen LogP contribution in [0.1, 0.15) is 11.0 Å². The van der Waals surface area contributed by atoms with Gasteiger partial charge in [0.1, 0.15) is 6.10 Å². The summed E-state index contributed by atoms with van der Waals surface area (Å²) in [4.78, 5) is 3.92. The number of hydrogen-bond donors (Lipinski definition) is 0. The minimum atomic E-state index is 0.126. The molecular weight excluding hydrogens is 367 g/mol. The summed E-state index contributed by atoms with van der Waals surface area (Å²) in [5.74, 6) is 0. The molecule has 0 spiro atoms. The molecule has 0 amide bonds. The number of ether oxygens (including phenoxy) is 2. The second-order valence-electron chi connectivity index (χ2n) is 3.74. The maximum Gasteiger partial charge on any atom is 0.115 e. The van der Waals surface area contributed by atoms with Crippen LogP contribution in [0.15, 0.2) is 24.3 Å². The maximum absolute atomic E-state index is 5.71. The lowest BCUT2D eigenvalue weighted by atomic mass is 10.3. The fourth-order valence-electron chi connectivity index (χ4n) is 1.76. The van der Waals surface area contributed by atoms with Gasteiger partial charge in [0.15, 0.2) is 0 Å². The van der Waals surface area contributed by atoms with E-state index in [4.69, 9.17) is 9.47 Å². The summed E-state index contributed by atoms with van der Waals surface area (Å²) in [6.45, 7) is 2.11. The molecular formula is C12H11IO2S2. The summed E-state index contributed by atoms with van der Waals surface area (Å²) < 4.78 is 12.5. The van der Waals surface area contributed by atoms with Gasteiger partial charge in [-0.15, -0.1) is 22.7 Å². The van der Waals surface area contributed by atoms with Crippen LogP contribution in [0.3, 0.4) is 0 Å². The van der Waals surface area contributed by atoms with Crippen molar-refractivity contribution in [2.45, 2.75) is 6.10 Å². The van der Waals surface area contributed by atoms with Gasteiger partial charge in [-0.3, -0.25) is 0 Å². The third-order valence-corrected chi connectivity index (χ3v) is 5.84. The zero-order chi connectivity index (χ0) is 11.7. The Morgan fingerprint density at radius 3 is 2.59 bits per heavy atom. The molecule has 0 N–H and O–H groups in total. The van der Waals surface area contributed by atoms with Crippen molar-refractivity contribution in [3.05, 3.63) is 32.0 Å². The van der Waals surface area contributed by atoms with E-state index in [1.807, 2.05) is 22.7 Å². The van der Waals surface area contributed by atoms with E-state index in [9.17, 15) is 0 Å². The molecule has 1 fully saturated rings. The normalized spacial score (nSPS) is 20.6. The predicted octanol–water partition coefficient (Wildman–Crippen LogP) is 4.17. The highest BCUT2D eigenvalue weighted by Gasteiger charge is 2.19. The van der Waals surface area contributed by atoms with Gasteiger partial charge in [-0.1, -0.05) is 0 Å². The number of thiophene rings is 2. The molecule has 90 valence electrons. The zero-order valence-corrected chi connectivity index (χ0v) is 12.8. The number of hydrogen-bond acceptors (Lipinski definition) is 4. The fourth-order valence-corrected chi connectivity index (χ4v) is 4.51. The van der Waals surface area contributed by atoms with Crippen molar-refractivity contribution in [1.29, 1.82) is 0 Å². The van der Waals surface area contributed by atoms with Gasteiger partial charge in [0, 0.05) is 14.6 Å². The average Bonchev–Trinajstić information content (AvgIpc) is 2.98. The largest absolute Gasteiger partial charge is 0.376 e. The highest BCUT2D eigenvalue weighted by atomic mass is 127. The first kappa shape index (κ1) is 12.1. The SMILES string of the molecule is Ic1ccc(-c2ccc(C3COCCO3)s2)s1. The van der Waals surface area contributed by atoms with E-state index in [1.165, 1.54) is 17.5 Å². The third kappa shape index (κ3) is 2.73. The van der Waals surface area contributed by atoms with Crippen molar-refractivity contribution in [3.63, 3.8) is 0 Å². The van der Waals surface area contributed by atoms with Crippen LogP contribution in [-0.2, 0) is 9.47 Å². The summed E-state index contributed by atoms with van der Waals surface area (Å²) in [6, 6.07) is 8.67. The van der Waals surface area contributed by atoms with Crippen LogP contribution in [0.2, 0.25) is 0 Å². The summed E-state index contributed by atoms with van der Waals surface area (Å²) >= 11 is 5.99. The average molecular weight is 378 g/mol. The second-order valence-corrected chi connectivity index (χ2v) is 7.83. The Labute approximate surface area is 122 Å². The van der Waals surface area contributed by atoms with Gasteiger partial charge < -0.3 is 9.47 Å². The number of halogens is 1. The van der Waals surface area contributed by atoms with Crippen LogP contribution in [-0.4, -0.2) is 19.8 Å². The van der Waals surface area contributed by atoms with Gasteiger partial charge in [-0.25, -0.2) is 0 Å². The molecule has 0 saturated carbocycles. The quantitative estimate of drug-likeness (QED) is 0.731. The van der Waals surface area contributed by atoms with E-state index in [2.05, 4.69) is 46.9 Å². The van der Waals surface area contributed by atoms with E-state index >= 15 is 0 Å². The van der Waals surface area contributed by atoms with E-state index in [0.717, 1.165) is 6.61 Å². The van der Waals surface area contributed by atoms with Gasteiger partial charge >= 0.3 is 0 Å². The first-order chi connectivity index (χ1) is 8.33. The van der Waals surface area contributed by atoms with E-state index < -0.39 is 0 Å². The highest BCUT2D eigenvalue weighted by Crippen LogP contribution is 2.37. The van der Waals surface area contributed by atoms with Crippen molar-refractivity contribution in [2.75, 3.05) is 19.8 Å². The van der Waals surface area contributed by atoms with Gasteiger partial charge in [-0.2, -0.15) is 0 Å². The van der Waals surface area contributed by atoms with Gasteiger partial charge in [0.25, 0.3) is 0 Å². The van der Waals surface area contributed by atoms with Crippen molar-refractivity contribution in [1.82, 2.24) is 0 Å². The second kappa shape index (κ2) is 5.36. The van der Waals surface area contributed by atoms with Gasteiger partial charge in [-0.05, 0) is 46.9 Å². The van der Waals surface area contributed by atoms with Crippen molar-refractivity contribution < 1.29 is 9.47 Å². The van der Waals surface area contributed by atoms with E-state index in [1.54, 1.807) is 0 Å². The van der Waals surface area contributed by atoms with Crippen LogP contribution in [0, 0.1) is 2.88 Å². The van der Waals surface area contributed by atoms with Crippen LogP contribution in [0.25, 0.3) is 9.75 Å². The smallest absolute Gasteiger partial charge is 0.115 e. The van der Waals surface area contributed by atoms with Crippen molar-refractivity contribution in [2.24, 2.45) is 0 Å². The molecule has 3 heterocycles. The Kier molecular flexibility index (Phi) is 3.81.